The number of nitrogens with zero attached hydrogens (tertiary/aromatic N) is 6. The number of rotatable bonds is 5. The Morgan fingerprint density at radius 1 is 0.766 bits per heavy atom. The Morgan fingerprint density at radius 3 is 2.23 bits per heavy atom. The first-order chi connectivity index (χ1) is 22.3. The summed E-state index contributed by atoms with van der Waals surface area (Å²) in [5.74, 6) is 1.87. The van der Waals surface area contributed by atoms with E-state index >= 15 is 0 Å². The molecule has 0 aliphatic rings. The normalized spacial score (nSPS) is 10.9. The van der Waals surface area contributed by atoms with Crippen LogP contribution in [0.3, 0.4) is 0 Å². The SMILES string of the molecule is Cc1cc(Oc2[c-]c3c(cc2)c2ccccc2n3-c2cc(C)ccn2)[c-]c(-n2cc(-c3c(C#N)c(C)c(C)c(C)c3C#N)cn2)c1.[Pt+2]. The van der Waals surface area contributed by atoms with Crippen LogP contribution in [0, 0.1) is 69.4 Å². The fourth-order valence-electron chi connectivity index (χ4n) is 6.08. The Labute approximate surface area is 287 Å². The van der Waals surface area contributed by atoms with Crippen molar-refractivity contribution in [3.05, 3.63) is 130 Å². The van der Waals surface area contributed by atoms with Crippen LogP contribution < -0.4 is 4.74 Å². The van der Waals surface area contributed by atoms with Crippen molar-refractivity contribution in [2.75, 3.05) is 0 Å². The van der Waals surface area contributed by atoms with Crippen molar-refractivity contribution in [1.29, 1.82) is 10.5 Å². The van der Waals surface area contributed by atoms with E-state index in [-0.39, 0.29) is 21.1 Å². The number of hydrogen-bond acceptors (Lipinski definition) is 5. The molecule has 8 heteroatoms. The second kappa shape index (κ2) is 12.4. The number of ether oxygens (including phenoxy) is 1. The first-order valence-corrected chi connectivity index (χ1v) is 14.9. The van der Waals surface area contributed by atoms with E-state index in [0.29, 0.717) is 39.4 Å². The van der Waals surface area contributed by atoms with E-state index in [0.717, 1.165) is 55.4 Å². The van der Waals surface area contributed by atoms with Gasteiger partial charge in [0.15, 0.2) is 0 Å². The fraction of sp³-hybridized carbons (Fsp3) is 0.128. The van der Waals surface area contributed by atoms with Crippen LogP contribution in [-0.2, 0) is 21.1 Å². The zero-order valence-corrected chi connectivity index (χ0v) is 28.7. The Hall–Kier alpha value is -5.49. The Balaban J connectivity index is 0.00000386. The van der Waals surface area contributed by atoms with Crippen molar-refractivity contribution < 1.29 is 25.8 Å². The van der Waals surface area contributed by atoms with Crippen LogP contribution >= 0.6 is 0 Å². The zero-order valence-electron chi connectivity index (χ0n) is 26.4. The number of aromatic nitrogens is 4. The van der Waals surface area contributed by atoms with Crippen LogP contribution in [0.4, 0.5) is 0 Å². The average molecular weight is 792 g/mol. The Morgan fingerprint density at radius 2 is 1.51 bits per heavy atom. The van der Waals surface area contributed by atoms with Gasteiger partial charge in [0.2, 0.25) is 0 Å². The number of aryl methyl sites for hydroxylation is 2. The smallest absolute Gasteiger partial charge is 0.509 e. The molecule has 0 amide bonds. The van der Waals surface area contributed by atoms with Gasteiger partial charge in [-0.25, -0.2) is 4.98 Å². The predicted octanol–water partition coefficient (Wildman–Crippen LogP) is 8.71. The van der Waals surface area contributed by atoms with Crippen molar-refractivity contribution in [2.24, 2.45) is 0 Å². The van der Waals surface area contributed by atoms with Gasteiger partial charge in [-0.1, -0.05) is 30.6 Å². The van der Waals surface area contributed by atoms with E-state index in [1.807, 2.05) is 76.5 Å². The maximum absolute atomic E-state index is 10.0. The molecule has 0 atom stereocenters. The van der Waals surface area contributed by atoms with Gasteiger partial charge < -0.3 is 9.30 Å². The van der Waals surface area contributed by atoms with Gasteiger partial charge in [0.1, 0.15) is 18.0 Å². The molecule has 0 aliphatic carbocycles. The van der Waals surface area contributed by atoms with Crippen molar-refractivity contribution in [3.8, 4) is 46.3 Å². The van der Waals surface area contributed by atoms with Gasteiger partial charge in [-0.3, -0.25) is 4.68 Å². The molecule has 0 saturated carbocycles. The molecule has 0 spiro atoms. The van der Waals surface area contributed by atoms with Crippen LogP contribution in [0.5, 0.6) is 11.5 Å². The summed E-state index contributed by atoms with van der Waals surface area (Å²) in [5, 5.41) is 26.8. The molecule has 0 radical (unpaired) electrons. The third-order valence-corrected chi connectivity index (χ3v) is 8.60. The van der Waals surface area contributed by atoms with Gasteiger partial charge in [-0.05, 0) is 79.2 Å². The molecule has 0 unspecified atom stereocenters. The molecule has 0 saturated heterocycles. The molecule has 3 heterocycles. The molecule has 4 aromatic carbocycles. The number of pyridine rings is 1. The quantitative estimate of drug-likeness (QED) is 0.163. The number of fused-ring (bicyclic) bond motifs is 3. The number of hydrogen-bond donors (Lipinski definition) is 0. The molecule has 7 nitrogen and oxygen atoms in total. The summed E-state index contributed by atoms with van der Waals surface area (Å²) in [5.41, 5.74) is 9.59. The maximum atomic E-state index is 10.0. The first kappa shape index (κ1) is 31.5. The summed E-state index contributed by atoms with van der Waals surface area (Å²) in [4.78, 5) is 4.66. The van der Waals surface area contributed by atoms with Crippen molar-refractivity contribution >= 4 is 21.8 Å². The monoisotopic (exact) mass is 791 g/mol. The Bertz CT molecular complexity index is 2400. The first-order valence-electron chi connectivity index (χ1n) is 14.9. The van der Waals surface area contributed by atoms with Crippen molar-refractivity contribution in [3.63, 3.8) is 0 Å². The van der Waals surface area contributed by atoms with E-state index < -0.39 is 0 Å². The minimum atomic E-state index is 0. The van der Waals surface area contributed by atoms with E-state index in [2.05, 4.69) is 70.1 Å². The summed E-state index contributed by atoms with van der Waals surface area (Å²) in [7, 11) is 0. The Kier molecular flexibility index (Phi) is 8.28. The van der Waals surface area contributed by atoms with Gasteiger partial charge in [0, 0.05) is 40.5 Å². The average Bonchev–Trinajstić information content (AvgIpc) is 3.66. The zero-order chi connectivity index (χ0) is 32.1. The summed E-state index contributed by atoms with van der Waals surface area (Å²) in [6, 6.07) is 31.6. The summed E-state index contributed by atoms with van der Waals surface area (Å²) in [6.45, 7) is 9.81. The van der Waals surface area contributed by atoms with Crippen LogP contribution in [0.1, 0.15) is 38.9 Å². The molecule has 0 fully saturated rings. The topological polar surface area (TPSA) is 92.5 Å². The van der Waals surface area contributed by atoms with Crippen LogP contribution in [0.15, 0.2) is 79.3 Å². The van der Waals surface area contributed by atoms with E-state index in [1.54, 1.807) is 10.9 Å². The number of nitriles is 2. The van der Waals surface area contributed by atoms with E-state index in [4.69, 9.17) is 4.74 Å². The standard InChI is InChI=1S/C39H28N6O.Pt/c1-23-12-13-42-38(16-23)45-36-9-7-6-8-32(36)33-11-10-30(18-37(33)45)46-31-15-24(2)14-29(17-31)44-22-28(21-43-44)39-34(19-40)26(4)25(3)27(5)35(39)20-41;/h6-16,21-22H,1-5H3;/q-2;+2. The molecule has 0 bridgehead atoms. The van der Waals surface area contributed by atoms with Gasteiger partial charge in [-0.2, -0.15) is 27.3 Å². The molecule has 0 N–H and O–H groups in total. The van der Waals surface area contributed by atoms with E-state index in [9.17, 15) is 10.5 Å². The van der Waals surface area contributed by atoms with Crippen LogP contribution in [0.2, 0.25) is 0 Å². The number of para-hydroxylation sites is 1. The molecule has 0 aliphatic heterocycles. The second-order valence-electron chi connectivity index (χ2n) is 11.5. The van der Waals surface area contributed by atoms with Crippen LogP contribution in [-0.4, -0.2) is 19.3 Å². The molecule has 7 aromatic rings. The van der Waals surface area contributed by atoms with Gasteiger partial charge in [-0.15, -0.1) is 35.7 Å². The van der Waals surface area contributed by atoms with Crippen LogP contribution in [0.25, 0.3) is 44.4 Å². The molecule has 47 heavy (non-hydrogen) atoms. The second-order valence-corrected chi connectivity index (χ2v) is 11.5. The third-order valence-electron chi connectivity index (χ3n) is 8.60. The summed E-state index contributed by atoms with van der Waals surface area (Å²) in [6.07, 6.45) is 5.33. The molecule has 230 valence electrons. The van der Waals surface area contributed by atoms with Gasteiger partial charge in [0.05, 0.1) is 17.3 Å². The molecular formula is C39H28N6OPt. The summed E-state index contributed by atoms with van der Waals surface area (Å²) < 4.78 is 10.2. The van der Waals surface area contributed by atoms with Crippen molar-refractivity contribution in [2.45, 2.75) is 34.6 Å². The maximum Gasteiger partial charge on any atom is 2.00 e. The molecular weight excluding hydrogens is 764 g/mol. The minimum absolute atomic E-state index is 0. The van der Waals surface area contributed by atoms with Gasteiger partial charge >= 0.3 is 21.1 Å². The summed E-state index contributed by atoms with van der Waals surface area (Å²) >= 11 is 0. The van der Waals surface area contributed by atoms with Crippen molar-refractivity contribution in [1.82, 2.24) is 19.3 Å². The molecule has 7 rings (SSSR count). The largest absolute Gasteiger partial charge is 2.00 e. The predicted molar refractivity (Wildman–Crippen MR) is 178 cm³/mol. The fourth-order valence-corrected chi connectivity index (χ4v) is 6.08. The number of benzene rings is 4. The van der Waals surface area contributed by atoms with E-state index in [1.165, 1.54) is 0 Å². The minimum Gasteiger partial charge on any atom is -0.509 e. The molecule has 3 aromatic heterocycles. The van der Waals surface area contributed by atoms with Gasteiger partial charge in [0.25, 0.3) is 0 Å². The third kappa shape index (κ3) is 5.40.